The zero-order valence-electron chi connectivity index (χ0n) is 13.6. The number of nitrogens with zero attached hydrogens (tertiary/aromatic N) is 1. The SMILES string of the molecule is CCCN(CC1CCNCC1)S(=O)(=O)CCC(C)(C)C. The zero-order valence-corrected chi connectivity index (χ0v) is 14.4. The van der Waals surface area contributed by atoms with Gasteiger partial charge in [0.1, 0.15) is 0 Å². The molecule has 0 amide bonds. The Morgan fingerprint density at radius 2 is 1.80 bits per heavy atom. The van der Waals surface area contributed by atoms with Crippen LogP contribution in [0, 0.1) is 11.3 Å². The lowest BCUT2D eigenvalue weighted by Gasteiger charge is -2.30. The fraction of sp³-hybridized carbons (Fsp3) is 1.00. The van der Waals surface area contributed by atoms with Crippen LogP contribution >= 0.6 is 0 Å². The molecule has 1 N–H and O–H groups in total. The number of hydrogen-bond acceptors (Lipinski definition) is 3. The van der Waals surface area contributed by atoms with Gasteiger partial charge in [0, 0.05) is 13.1 Å². The van der Waals surface area contributed by atoms with Crippen molar-refractivity contribution in [3.63, 3.8) is 0 Å². The number of hydrogen-bond donors (Lipinski definition) is 1. The van der Waals surface area contributed by atoms with E-state index in [9.17, 15) is 8.42 Å². The third-order valence-corrected chi connectivity index (χ3v) is 5.74. The van der Waals surface area contributed by atoms with E-state index < -0.39 is 10.0 Å². The van der Waals surface area contributed by atoms with E-state index in [2.05, 4.69) is 33.0 Å². The Kier molecular flexibility index (Phi) is 6.95. The van der Waals surface area contributed by atoms with E-state index in [-0.39, 0.29) is 11.2 Å². The van der Waals surface area contributed by atoms with Crippen molar-refractivity contribution in [2.24, 2.45) is 11.3 Å². The average Bonchev–Trinajstić information content (AvgIpc) is 2.37. The van der Waals surface area contributed by atoms with Crippen LogP contribution in [0.3, 0.4) is 0 Å². The summed E-state index contributed by atoms with van der Waals surface area (Å²) in [5.74, 6) is 0.800. The van der Waals surface area contributed by atoms with Crippen molar-refractivity contribution in [2.45, 2.75) is 53.4 Å². The number of piperidine rings is 1. The lowest BCUT2D eigenvalue weighted by molar-refractivity contribution is 0.286. The van der Waals surface area contributed by atoms with Gasteiger partial charge in [0.15, 0.2) is 0 Å². The number of nitrogens with one attached hydrogen (secondary N) is 1. The summed E-state index contributed by atoms with van der Waals surface area (Å²) in [6, 6.07) is 0. The second-order valence-electron chi connectivity index (χ2n) is 7.18. The monoisotopic (exact) mass is 304 g/mol. The van der Waals surface area contributed by atoms with Crippen LogP contribution < -0.4 is 5.32 Å². The van der Waals surface area contributed by atoms with Gasteiger partial charge >= 0.3 is 0 Å². The Labute approximate surface area is 125 Å². The summed E-state index contributed by atoms with van der Waals surface area (Å²) >= 11 is 0. The van der Waals surface area contributed by atoms with Crippen LogP contribution in [0.15, 0.2) is 0 Å². The second kappa shape index (κ2) is 7.76. The van der Waals surface area contributed by atoms with Gasteiger partial charge in [-0.25, -0.2) is 12.7 Å². The first kappa shape index (κ1) is 17.9. The molecular weight excluding hydrogens is 272 g/mol. The first-order valence-corrected chi connectivity index (χ1v) is 9.54. The molecule has 1 aliphatic heterocycles. The highest BCUT2D eigenvalue weighted by atomic mass is 32.2. The Bertz CT molecular complexity index is 368. The second-order valence-corrected chi connectivity index (χ2v) is 9.27. The summed E-state index contributed by atoms with van der Waals surface area (Å²) in [5, 5.41) is 3.34. The molecule has 0 aromatic carbocycles. The molecule has 1 saturated heterocycles. The normalized spacial score (nSPS) is 18.6. The smallest absolute Gasteiger partial charge is 0.214 e. The molecular formula is C15H32N2O2S. The van der Waals surface area contributed by atoms with Crippen LogP contribution in [-0.2, 0) is 10.0 Å². The Morgan fingerprint density at radius 3 is 2.30 bits per heavy atom. The largest absolute Gasteiger partial charge is 0.317 e. The Balaban J connectivity index is 2.62. The van der Waals surface area contributed by atoms with Gasteiger partial charge in [-0.2, -0.15) is 0 Å². The van der Waals surface area contributed by atoms with Crippen molar-refractivity contribution in [1.82, 2.24) is 9.62 Å². The van der Waals surface area contributed by atoms with Crippen molar-refractivity contribution in [3.8, 4) is 0 Å². The van der Waals surface area contributed by atoms with Gasteiger partial charge in [0.2, 0.25) is 10.0 Å². The molecule has 0 atom stereocenters. The lowest BCUT2D eigenvalue weighted by Crippen LogP contribution is -2.41. The van der Waals surface area contributed by atoms with Crippen LogP contribution in [0.4, 0.5) is 0 Å². The Morgan fingerprint density at radius 1 is 1.20 bits per heavy atom. The molecule has 1 aliphatic rings. The molecule has 1 heterocycles. The van der Waals surface area contributed by atoms with Gasteiger partial charge in [0.05, 0.1) is 5.75 Å². The summed E-state index contributed by atoms with van der Waals surface area (Å²) in [7, 11) is -3.10. The van der Waals surface area contributed by atoms with E-state index in [1.165, 1.54) is 0 Å². The van der Waals surface area contributed by atoms with E-state index in [4.69, 9.17) is 0 Å². The van der Waals surface area contributed by atoms with Crippen molar-refractivity contribution >= 4 is 10.0 Å². The molecule has 20 heavy (non-hydrogen) atoms. The van der Waals surface area contributed by atoms with E-state index in [1.54, 1.807) is 4.31 Å². The maximum absolute atomic E-state index is 12.6. The Hall–Kier alpha value is -0.130. The third-order valence-electron chi connectivity index (χ3n) is 3.90. The van der Waals surface area contributed by atoms with Gasteiger partial charge < -0.3 is 5.32 Å². The minimum absolute atomic E-state index is 0.0692. The maximum Gasteiger partial charge on any atom is 0.214 e. The van der Waals surface area contributed by atoms with Crippen LogP contribution in [-0.4, -0.2) is 44.7 Å². The maximum atomic E-state index is 12.6. The van der Waals surface area contributed by atoms with Crippen LogP contribution in [0.25, 0.3) is 0 Å². The summed E-state index contributed by atoms with van der Waals surface area (Å²) in [5.41, 5.74) is 0.0692. The summed E-state index contributed by atoms with van der Waals surface area (Å²) in [6.45, 7) is 11.8. The molecule has 0 bridgehead atoms. The van der Waals surface area contributed by atoms with Crippen molar-refractivity contribution < 1.29 is 8.42 Å². The molecule has 1 fully saturated rings. The van der Waals surface area contributed by atoms with E-state index in [0.29, 0.717) is 19.0 Å². The molecule has 0 aromatic heterocycles. The van der Waals surface area contributed by atoms with E-state index in [0.717, 1.165) is 38.8 Å². The van der Waals surface area contributed by atoms with Crippen LogP contribution in [0.5, 0.6) is 0 Å². The van der Waals surface area contributed by atoms with Gasteiger partial charge in [0.25, 0.3) is 0 Å². The number of sulfonamides is 1. The first-order valence-electron chi connectivity index (χ1n) is 7.93. The highest BCUT2D eigenvalue weighted by molar-refractivity contribution is 7.89. The van der Waals surface area contributed by atoms with Crippen molar-refractivity contribution in [1.29, 1.82) is 0 Å². The zero-order chi connectivity index (χ0) is 15.2. The molecule has 0 radical (unpaired) electrons. The third kappa shape index (κ3) is 6.55. The predicted molar refractivity (Wildman–Crippen MR) is 85.3 cm³/mol. The first-order chi connectivity index (χ1) is 9.24. The average molecular weight is 304 g/mol. The minimum atomic E-state index is -3.10. The molecule has 0 aliphatic carbocycles. The molecule has 0 spiro atoms. The van der Waals surface area contributed by atoms with Gasteiger partial charge in [-0.3, -0.25) is 0 Å². The highest BCUT2D eigenvalue weighted by Gasteiger charge is 2.27. The lowest BCUT2D eigenvalue weighted by atomic mass is 9.94. The van der Waals surface area contributed by atoms with Gasteiger partial charge in [-0.15, -0.1) is 0 Å². The van der Waals surface area contributed by atoms with Gasteiger partial charge in [-0.1, -0.05) is 27.7 Å². The fourth-order valence-corrected chi connectivity index (χ4v) is 4.54. The summed E-state index contributed by atoms with van der Waals surface area (Å²) < 4.78 is 26.8. The molecule has 0 saturated carbocycles. The minimum Gasteiger partial charge on any atom is -0.317 e. The molecule has 0 unspecified atom stereocenters. The van der Waals surface area contributed by atoms with Gasteiger partial charge in [-0.05, 0) is 50.1 Å². The molecule has 5 heteroatoms. The predicted octanol–water partition coefficient (Wildman–Crippen LogP) is 2.46. The van der Waals surface area contributed by atoms with Crippen molar-refractivity contribution in [2.75, 3.05) is 31.9 Å². The van der Waals surface area contributed by atoms with Crippen molar-refractivity contribution in [3.05, 3.63) is 0 Å². The molecule has 120 valence electrons. The molecule has 0 aromatic rings. The standard InChI is InChI=1S/C15H32N2O2S/c1-5-11-17(13-14-6-9-16-10-7-14)20(18,19)12-8-15(2,3)4/h14,16H,5-13H2,1-4H3. The molecule has 1 rings (SSSR count). The number of rotatable bonds is 7. The highest BCUT2D eigenvalue weighted by Crippen LogP contribution is 2.22. The summed E-state index contributed by atoms with van der Waals surface area (Å²) in [6.07, 6.45) is 3.80. The quantitative estimate of drug-likeness (QED) is 0.786. The van der Waals surface area contributed by atoms with E-state index in [1.807, 2.05) is 0 Å². The summed E-state index contributed by atoms with van der Waals surface area (Å²) in [4.78, 5) is 0. The molecule has 4 nitrogen and oxygen atoms in total. The topological polar surface area (TPSA) is 49.4 Å². The van der Waals surface area contributed by atoms with E-state index >= 15 is 0 Å². The fourth-order valence-electron chi connectivity index (χ4n) is 2.51. The van der Waals surface area contributed by atoms with Crippen LogP contribution in [0.1, 0.15) is 53.4 Å². The van der Waals surface area contributed by atoms with Crippen LogP contribution in [0.2, 0.25) is 0 Å².